The van der Waals surface area contributed by atoms with Crippen molar-refractivity contribution in [2.75, 3.05) is 5.32 Å². The smallest absolute Gasteiger partial charge is 0.303 e. The fourth-order valence-electron chi connectivity index (χ4n) is 4.21. The number of carboxylic acid groups (broad SMARTS) is 1. The summed E-state index contributed by atoms with van der Waals surface area (Å²) >= 11 is 0. The number of hydrogen-bond acceptors (Lipinski definition) is 3. The van der Waals surface area contributed by atoms with Crippen LogP contribution in [0.3, 0.4) is 0 Å². The molecule has 6 heteroatoms. The molecule has 1 amide bonds. The topological polar surface area (TPSA) is 69.6 Å². The van der Waals surface area contributed by atoms with Crippen LogP contribution in [0.2, 0.25) is 0 Å². The Morgan fingerprint density at radius 1 is 1.29 bits per heavy atom. The summed E-state index contributed by atoms with van der Waals surface area (Å²) in [5.74, 6) is -0.998. The minimum Gasteiger partial charge on any atom is -0.481 e. The highest BCUT2D eigenvalue weighted by Gasteiger charge is 2.58. The molecule has 128 valence electrons. The number of aliphatic carboxylic acids is 1. The van der Waals surface area contributed by atoms with Gasteiger partial charge in [-0.1, -0.05) is 0 Å². The van der Waals surface area contributed by atoms with Crippen LogP contribution in [0, 0.1) is 11.7 Å². The van der Waals surface area contributed by atoms with Gasteiger partial charge in [0.15, 0.2) is 0 Å². The van der Waals surface area contributed by atoms with Gasteiger partial charge < -0.3 is 15.3 Å². The molecular weight excluding hydrogens is 311 g/mol. The van der Waals surface area contributed by atoms with Gasteiger partial charge in [-0.25, -0.2) is 4.39 Å². The summed E-state index contributed by atoms with van der Waals surface area (Å²) in [6.45, 7) is 0. The maximum absolute atomic E-state index is 13.5. The van der Waals surface area contributed by atoms with Crippen LogP contribution in [-0.4, -0.2) is 33.6 Å². The second-order valence-electron chi connectivity index (χ2n) is 7.18. The summed E-state index contributed by atoms with van der Waals surface area (Å²) in [6.07, 6.45) is 4.48. The maximum Gasteiger partial charge on any atom is 0.303 e. The van der Waals surface area contributed by atoms with Crippen LogP contribution >= 0.6 is 0 Å². The number of nitrogens with zero attached hydrogens (tertiary/aromatic N) is 1. The van der Waals surface area contributed by atoms with Crippen LogP contribution in [0.4, 0.5) is 10.1 Å². The van der Waals surface area contributed by atoms with E-state index in [2.05, 4.69) is 5.32 Å². The monoisotopic (exact) mass is 332 g/mol. The Hall–Kier alpha value is -2.11. The van der Waals surface area contributed by atoms with E-state index < -0.39 is 11.6 Å². The number of carbonyl (C=O) groups is 2. The van der Waals surface area contributed by atoms with E-state index in [1.165, 1.54) is 6.07 Å². The Morgan fingerprint density at radius 2 is 2.08 bits per heavy atom. The lowest BCUT2D eigenvalue weighted by molar-refractivity contribution is -0.149. The molecule has 0 aromatic heterocycles. The lowest BCUT2D eigenvalue weighted by Gasteiger charge is -2.59. The van der Waals surface area contributed by atoms with Gasteiger partial charge in [0, 0.05) is 24.1 Å². The van der Waals surface area contributed by atoms with Crippen LogP contribution in [0.5, 0.6) is 0 Å². The van der Waals surface area contributed by atoms with Gasteiger partial charge in [-0.15, -0.1) is 0 Å². The van der Waals surface area contributed by atoms with E-state index in [0.29, 0.717) is 0 Å². The molecule has 0 spiro atoms. The number of anilines is 1. The van der Waals surface area contributed by atoms with Gasteiger partial charge >= 0.3 is 5.97 Å². The largest absolute Gasteiger partial charge is 0.481 e. The summed E-state index contributed by atoms with van der Waals surface area (Å²) in [7, 11) is 0. The number of carboxylic acids is 1. The Bertz CT molecular complexity index is 704. The Morgan fingerprint density at radius 3 is 2.71 bits per heavy atom. The molecule has 2 atom stereocenters. The molecule has 0 unspecified atom stereocenters. The summed E-state index contributed by atoms with van der Waals surface area (Å²) in [5.41, 5.74) is 1.44. The third kappa shape index (κ3) is 2.44. The number of amides is 1. The predicted octanol–water partition coefficient (Wildman–Crippen LogP) is 2.76. The molecule has 1 aliphatic heterocycles. The third-order valence-electron chi connectivity index (χ3n) is 5.60. The van der Waals surface area contributed by atoms with Crippen molar-refractivity contribution in [2.24, 2.45) is 5.92 Å². The number of carbonyl (C=O) groups excluding carboxylic acids is 1. The van der Waals surface area contributed by atoms with Gasteiger partial charge in [0.05, 0.1) is 6.42 Å². The van der Waals surface area contributed by atoms with E-state index in [1.807, 2.05) is 4.90 Å². The number of nitrogens with one attached hydrogen (secondary N) is 1. The van der Waals surface area contributed by atoms with Crippen LogP contribution in [0.25, 0.3) is 0 Å². The first-order valence-corrected chi connectivity index (χ1v) is 8.60. The minimum atomic E-state index is -0.945. The highest BCUT2D eigenvalue weighted by atomic mass is 19.1. The van der Waals surface area contributed by atoms with Crippen molar-refractivity contribution in [3.63, 3.8) is 0 Å². The molecule has 5 nitrogen and oxygen atoms in total. The van der Waals surface area contributed by atoms with Gasteiger partial charge in [-0.3, -0.25) is 9.59 Å². The quantitative estimate of drug-likeness (QED) is 0.870. The summed E-state index contributed by atoms with van der Waals surface area (Å²) in [6, 6.07) is 4.96. The molecule has 24 heavy (non-hydrogen) atoms. The molecule has 1 aromatic carbocycles. The number of hydrogen-bond donors (Lipinski definition) is 2. The lowest BCUT2D eigenvalue weighted by Crippen LogP contribution is -2.69. The van der Waals surface area contributed by atoms with Gasteiger partial charge in [-0.2, -0.15) is 0 Å². The second-order valence-corrected chi connectivity index (χ2v) is 7.18. The Balaban J connectivity index is 1.62. The first-order valence-electron chi connectivity index (χ1n) is 8.60. The number of fused-ring (bicyclic) bond motifs is 2. The van der Waals surface area contributed by atoms with Crippen LogP contribution in [0.1, 0.15) is 44.1 Å². The third-order valence-corrected chi connectivity index (χ3v) is 5.60. The fourth-order valence-corrected chi connectivity index (χ4v) is 4.21. The number of rotatable bonds is 5. The Kier molecular flexibility index (Phi) is 3.51. The van der Waals surface area contributed by atoms with Gasteiger partial charge in [-0.05, 0) is 55.9 Å². The van der Waals surface area contributed by atoms with Crippen molar-refractivity contribution in [2.45, 2.75) is 56.7 Å². The van der Waals surface area contributed by atoms with Gasteiger partial charge in [0.25, 0.3) is 0 Å². The Labute approximate surface area is 139 Å². The maximum atomic E-state index is 13.5. The zero-order chi connectivity index (χ0) is 16.9. The molecule has 1 heterocycles. The molecular formula is C18H21FN2O3. The second kappa shape index (κ2) is 5.46. The van der Waals surface area contributed by atoms with E-state index in [9.17, 15) is 14.0 Å². The summed E-state index contributed by atoms with van der Waals surface area (Å²) in [4.78, 5) is 25.5. The normalized spacial score (nSPS) is 27.3. The molecule has 4 rings (SSSR count). The van der Waals surface area contributed by atoms with Crippen LogP contribution < -0.4 is 5.32 Å². The van der Waals surface area contributed by atoms with E-state index in [-0.39, 0.29) is 36.5 Å². The van der Waals surface area contributed by atoms with Crippen molar-refractivity contribution in [3.05, 3.63) is 29.6 Å². The van der Waals surface area contributed by atoms with Crippen molar-refractivity contribution in [3.8, 4) is 0 Å². The summed E-state index contributed by atoms with van der Waals surface area (Å²) < 4.78 is 13.5. The molecule has 0 bridgehead atoms. The molecule has 2 saturated carbocycles. The molecule has 2 fully saturated rings. The average Bonchev–Trinajstić information content (AvgIpc) is 3.34. The minimum absolute atomic E-state index is 0.0399. The lowest BCUT2D eigenvalue weighted by atomic mass is 9.66. The SMILES string of the molecule is O=C(O)CCC(=O)N(C1CC1)[C@@]12CC[C@@H]1Cc1cc(F)ccc1N2. The fraction of sp³-hybridized carbons (Fsp3) is 0.556. The first kappa shape index (κ1) is 15.4. The van der Waals surface area contributed by atoms with Gasteiger partial charge in [0.1, 0.15) is 11.5 Å². The zero-order valence-corrected chi connectivity index (χ0v) is 13.4. The van der Waals surface area contributed by atoms with Crippen LogP contribution in [-0.2, 0) is 16.0 Å². The molecule has 3 aliphatic rings. The average molecular weight is 332 g/mol. The van der Waals surface area contributed by atoms with E-state index in [4.69, 9.17) is 5.11 Å². The van der Waals surface area contributed by atoms with Crippen molar-refractivity contribution in [1.29, 1.82) is 0 Å². The van der Waals surface area contributed by atoms with E-state index >= 15 is 0 Å². The predicted molar refractivity (Wildman–Crippen MR) is 85.9 cm³/mol. The standard InChI is InChI=1S/C18H21FN2O3/c19-13-1-4-15-11(10-13)9-12-7-8-18(12,20-15)21(14-2-3-14)16(22)5-6-17(23)24/h1,4,10,12,14,20H,2-3,5-9H2,(H,23,24)/t12-,18+/m1/s1. The molecule has 2 N–H and O–H groups in total. The molecule has 1 aromatic rings. The first-order chi connectivity index (χ1) is 11.5. The molecule has 0 radical (unpaired) electrons. The van der Waals surface area contributed by atoms with E-state index in [0.717, 1.165) is 43.4 Å². The molecule has 2 aliphatic carbocycles. The van der Waals surface area contributed by atoms with Crippen molar-refractivity contribution < 1.29 is 19.1 Å². The summed E-state index contributed by atoms with van der Waals surface area (Å²) in [5, 5.41) is 12.4. The van der Waals surface area contributed by atoms with Crippen LogP contribution in [0.15, 0.2) is 18.2 Å². The van der Waals surface area contributed by atoms with E-state index in [1.54, 1.807) is 12.1 Å². The number of halogens is 1. The molecule has 0 saturated heterocycles. The van der Waals surface area contributed by atoms with Crippen molar-refractivity contribution in [1.82, 2.24) is 4.90 Å². The van der Waals surface area contributed by atoms with Crippen molar-refractivity contribution >= 4 is 17.6 Å². The highest BCUT2D eigenvalue weighted by molar-refractivity contribution is 5.82. The number of benzene rings is 1. The van der Waals surface area contributed by atoms with Gasteiger partial charge in [0.2, 0.25) is 5.91 Å². The highest BCUT2D eigenvalue weighted by Crippen LogP contribution is 2.52. The zero-order valence-electron chi connectivity index (χ0n) is 13.4.